The van der Waals surface area contributed by atoms with E-state index < -0.39 is 10.0 Å². The van der Waals surface area contributed by atoms with E-state index in [-0.39, 0.29) is 11.1 Å². The molecule has 0 bridgehead atoms. The fourth-order valence-corrected chi connectivity index (χ4v) is 5.58. The zero-order valence-electron chi connectivity index (χ0n) is 21.7. The average Bonchev–Trinajstić information content (AvgIpc) is 3.51. The van der Waals surface area contributed by atoms with Crippen LogP contribution < -0.4 is 19.5 Å². The molecule has 0 spiro atoms. The zero-order valence-corrected chi connectivity index (χ0v) is 22.5. The van der Waals surface area contributed by atoms with E-state index in [1.165, 1.54) is 18.1 Å². The van der Waals surface area contributed by atoms with Crippen molar-refractivity contribution in [3.63, 3.8) is 0 Å². The molecule has 1 aliphatic heterocycles. The lowest BCUT2D eigenvalue weighted by atomic mass is 10.0. The van der Waals surface area contributed by atoms with Crippen LogP contribution in [0.1, 0.15) is 25.3 Å². The van der Waals surface area contributed by atoms with Crippen molar-refractivity contribution < 1.29 is 22.3 Å². The van der Waals surface area contributed by atoms with Gasteiger partial charge >= 0.3 is 0 Å². The predicted octanol–water partition coefficient (Wildman–Crippen LogP) is 3.85. The lowest BCUT2D eigenvalue weighted by molar-refractivity contribution is 0.210. The maximum Gasteiger partial charge on any atom is 0.295 e. The molecule has 4 aromatic rings. The number of hydrogen-bond acceptors (Lipinski definition) is 9. The normalized spacial score (nSPS) is 15.0. The van der Waals surface area contributed by atoms with Crippen molar-refractivity contribution in [3.05, 3.63) is 54.5 Å². The minimum atomic E-state index is -3.79. The van der Waals surface area contributed by atoms with Crippen LogP contribution in [0.15, 0.2) is 58.4 Å². The summed E-state index contributed by atoms with van der Waals surface area (Å²) in [7, 11) is -0.425. The summed E-state index contributed by atoms with van der Waals surface area (Å²) in [6.07, 6.45) is 4.78. The first-order valence-electron chi connectivity index (χ1n) is 12.5. The Balaban J connectivity index is 1.17. The van der Waals surface area contributed by atoms with Crippen LogP contribution in [0.5, 0.6) is 11.5 Å². The largest absolute Gasteiger partial charge is 0.493 e. The Hall–Kier alpha value is -3.77. The number of piperidine rings is 1. The molecule has 2 aromatic heterocycles. The lowest BCUT2D eigenvalue weighted by Gasteiger charge is -2.32. The SMILES string of the molecule is CCOc1cc(CN2CCC(Nc3nc4cc(NS(=O)(=O)c5cn(C)cn5)ccc4o3)CC2)ccc1OC. The predicted molar refractivity (Wildman–Crippen MR) is 144 cm³/mol. The van der Waals surface area contributed by atoms with Gasteiger partial charge in [-0.2, -0.15) is 13.4 Å². The minimum absolute atomic E-state index is 0.0457. The second-order valence-corrected chi connectivity index (χ2v) is 10.9. The molecule has 3 heterocycles. The fourth-order valence-electron chi connectivity index (χ4n) is 4.54. The monoisotopic (exact) mass is 540 g/mol. The van der Waals surface area contributed by atoms with Crippen LogP contribution >= 0.6 is 0 Å². The Morgan fingerprint density at radius 2 is 1.95 bits per heavy atom. The first kappa shape index (κ1) is 25.9. The summed E-state index contributed by atoms with van der Waals surface area (Å²) in [6, 6.07) is 11.8. The van der Waals surface area contributed by atoms with E-state index in [0.717, 1.165) is 44.0 Å². The summed E-state index contributed by atoms with van der Waals surface area (Å²) < 4.78 is 46.2. The number of oxazole rings is 1. The van der Waals surface area contributed by atoms with Crippen molar-refractivity contribution >= 4 is 32.8 Å². The zero-order chi connectivity index (χ0) is 26.7. The summed E-state index contributed by atoms with van der Waals surface area (Å²) in [6.45, 7) is 5.27. The third kappa shape index (κ3) is 5.86. The highest BCUT2D eigenvalue weighted by Crippen LogP contribution is 2.29. The molecule has 1 saturated heterocycles. The molecule has 0 saturated carbocycles. The van der Waals surface area contributed by atoms with Crippen molar-refractivity contribution in [2.24, 2.45) is 7.05 Å². The van der Waals surface area contributed by atoms with E-state index in [1.54, 1.807) is 36.9 Å². The van der Waals surface area contributed by atoms with E-state index in [0.29, 0.717) is 29.4 Å². The molecule has 0 aliphatic carbocycles. The molecule has 0 amide bonds. The fraction of sp³-hybridized carbons (Fsp3) is 0.385. The number of methoxy groups -OCH3 is 1. The van der Waals surface area contributed by atoms with Gasteiger partial charge < -0.3 is 23.8 Å². The molecule has 2 N–H and O–H groups in total. The quantitative estimate of drug-likeness (QED) is 0.309. The van der Waals surface area contributed by atoms with Gasteiger partial charge in [-0.1, -0.05) is 6.07 Å². The van der Waals surface area contributed by atoms with Crippen LogP contribution in [0, 0.1) is 0 Å². The molecule has 11 nitrogen and oxygen atoms in total. The van der Waals surface area contributed by atoms with Gasteiger partial charge in [-0.25, -0.2) is 4.98 Å². The topological polar surface area (TPSA) is 124 Å². The first-order chi connectivity index (χ1) is 18.3. The van der Waals surface area contributed by atoms with E-state index in [4.69, 9.17) is 13.9 Å². The number of fused-ring (bicyclic) bond motifs is 1. The van der Waals surface area contributed by atoms with Gasteiger partial charge in [0.25, 0.3) is 16.0 Å². The van der Waals surface area contributed by atoms with Crippen molar-refractivity contribution in [2.75, 3.05) is 36.8 Å². The number of ether oxygens (including phenoxy) is 2. The van der Waals surface area contributed by atoms with Crippen molar-refractivity contribution in [3.8, 4) is 11.5 Å². The highest BCUT2D eigenvalue weighted by molar-refractivity contribution is 7.92. The number of aryl methyl sites for hydroxylation is 1. The van der Waals surface area contributed by atoms with Crippen LogP contribution in [0.3, 0.4) is 0 Å². The smallest absolute Gasteiger partial charge is 0.295 e. The number of anilines is 2. The van der Waals surface area contributed by atoms with Gasteiger partial charge in [0.2, 0.25) is 0 Å². The average molecular weight is 541 g/mol. The standard InChI is InChI=1S/C26H32N6O5S/c1-4-36-24-13-18(5-7-23(24)35-3)15-32-11-9-19(10-12-32)28-26-29-21-14-20(6-8-22(21)37-26)30-38(33,34)25-16-31(2)17-27-25/h5-8,13-14,16-17,19,30H,4,9-12,15H2,1-3H3,(H,28,29). The summed E-state index contributed by atoms with van der Waals surface area (Å²) in [4.78, 5) is 10.9. The highest BCUT2D eigenvalue weighted by Gasteiger charge is 2.22. The number of imidazole rings is 1. The molecule has 5 rings (SSSR count). The third-order valence-electron chi connectivity index (χ3n) is 6.45. The molecule has 202 valence electrons. The molecule has 0 unspecified atom stereocenters. The van der Waals surface area contributed by atoms with Gasteiger partial charge in [0, 0.05) is 38.9 Å². The number of nitrogens with one attached hydrogen (secondary N) is 2. The van der Waals surface area contributed by atoms with Crippen LogP contribution in [0.4, 0.5) is 11.7 Å². The Labute approximate surface area is 221 Å². The van der Waals surface area contributed by atoms with Crippen LogP contribution in [0.2, 0.25) is 0 Å². The van der Waals surface area contributed by atoms with Crippen molar-refractivity contribution in [2.45, 2.75) is 37.4 Å². The molecule has 0 atom stereocenters. The number of sulfonamides is 1. The van der Waals surface area contributed by atoms with Gasteiger partial charge in [-0.3, -0.25) is 9.62 Å². The minimum Gasteiger partial charge on any atom is -0.493 e. The van der Waals surface area contributed by atoms with E-state index >= 15 is 0 Å². The highest BCUT2D eigenvalue weighted by atomic mass is 32.2. The van der Waals surface area contributed by atoms with Crippen LogP contribution in [-0.2, 0) is 23.6 Å². The van der Waals surface area contributed by atoms with Crippen molar-refractivity contribution in [1.29, 1.82) is 0 Å². The van der Waals surface area contributed by atoms with Crippen molar-refractivity contribution in [1.82, 2.24) is 19.4 Å². The second-order valence-electron chi connectivity index (χ2n) is 9.30. The number of nitrogens with zero attached hydrogens (tertiary/aromatic N) is 4. The Bertz CT molecular complexity index is 1510. The molecule has 0 radical (unpaired) electrons. The number of likely N-dealkylation sites (tertiary alicyclic amines) is 1. The van der Waals surface area contributed by atoms with Gasteiger partial charge in [0.05, 0.1) is 25.7 Å². The Kier molecular flexibility index (Phi) is 7.43. The van der Waals surface area contributed by atoms with E-state index in [2.05, 4.69) is 37.0 Å². The van der Waals surface area contributed by atoms with Crippen LogP contribution in [-0.4, -0.2) is 60.7 Å². The second kappa shape index (κ2) is 10.9. The van der Waals surface area contributed by atoms with Gasteiger partial charge in [-0.05, 0) is 55.7 Å². The third-order valence-corrected chi connectivity index (χ3v) is 7.71. The molecule has 38 heavy (non-hydrogen) atoms. The van der Waals surface area contributed by atoms with Gasteiger partial charge in [-0.15, -0.1) is 0 Å². The summed E-state index contributed by atoms with van der Waals surface area (Å²) in [5.74, 6) is 1.52. The summed E-state index contributed by atoms with van der Waals surface area (Å²) >= 11 is 0. The molecule has 2 aromatic carbocycles. The molecule has 1 fully saturated rings. The summed E-state index contributed by atoms with van der Waals surface area (Å²) in [5.41, 5.74) is 2.72. The molecular formula is C26H32N6O5S. The number of aromatic nitrogens is 3. The maximum absolute atomic E-state index is 12.6. The van der Waals surface area contributed by atoms with E-state index in [1.807, 2.05) is 13.0 Å². The summed E-state index contributed by atoms with van der Waals surface area (Å²) in [5, 5.41) is 3.35. The Morgan fingerprint density at radius 1 is 1.13 bits per heavy atom. The maximum atomic E-state index is 12.6. The Morgan fingerprint density at radius 3 is 2.66 bits per heavy atom. The number of rotatable bonds is 10. The molecule has 1 aliphatic rings. The number of hydrogen-bond donors (Lipinski definition) is 2. The van der Waals surface area contributed by atoms with Crippen LogP contribution in [0.25, 0.3) is 11.1 Å². The van der Waals surface area contributed by atoms with Gasteiger partial charge in [0.1, 0.15) is 5.52 Å². The van der Waals surface area contributed by atoms with E-state index in [9.17, 15) is 8.42 Å². The van der Waals surface area contributed by atoms with Gasteiger partial charge in [0.15, 0.2) is 22.1 Å². The first-order valence-corrected chi connectivity index (χ1v) is 14.0. The lowest BCUT2D eigenvalue weighted by Crippen LogP contribution is -2.38. The molecular weight excluding hydrogens is 508 g/mol. The molecule has 12 heteroatoms. The number of benzene rings is 2.